The Balaban J connectivity index is 1.65. The molecule has 1 aromatic carbocycles. The summed E-state index contributed by atoms with van der Waals surface area (Å²) in [6.07, 6.45) is 1.26. The second-order valence-corrected chi connectivity index (χ2v) is 6.58. The van der Waals surface area contributed by atoms with E-state index >= 15 is 0 Å². The van der Waals surface area contributed by atoms with Crippen LogP contribution in [0.4, 0.5) is 5.69 Å². The van der Waals surface area contributed by atoms with Crippen LogP contribution in [0.15, 0.2) is 47.0 Å². The van der Waals surface area contributed by atoms with Gasteiger partial charge in [0.15, 0.2) is 0 Å². The number of furan rings is 1. The van der Waals surface area contributed by atoms with Crippen LogP contribution in [-0.4, -0.2) is 61.1 Å². The van der Waals surface area contributed by atoms with E-state index in [-0.39, 0.29) is 28.6 Å². The Kier molecular flexibility index (Phi) is 5.44. The minimum absolute atomic E-state index is 0.0534. The van der Waals surface area contributed by atoms with Gasteiger partial charge in [-0.2, -0.15) is 0 Å². The summed E-state index contributed by atoms with van der Waals surface area (Å²) < 4.78 is 15.7. The van der Waals surface area contributed by atoms with Gasteiger partial charge in [-0.25, -0.2) is 4.79 Å². The number of pyridine rings is 1. The molecular weight excluding hydrogens is 390 g/mol. The molecule has 0 atom stereocenters. The van der Waals surface area contributed by atoms with Crippen LogP contribution in [-0.2, 0) is 9.47 Å². The number of fused-ring (bicyclic) bond motifs is 1. The largest absolute Gasteiger partial charge is 0.465 e. The Morgan fingerprint density at radius 3 is 2.57 bits per heavy atom. The number of ether oxygens (including phenoxy) is 2. The summed E-state index contributed by atoms with van der Waals surface area (Å²) in [7, 11) is 1.26. The molecule has 3 aromatic rings. The summed E-state index contributed by atoms with van der Waals surface area (Å²) in [4.78, 5) is 43.0. The molecule has 154 valence electrons. The van der Waals surface area contributed by atoms with E-state index in [1.165, 1.54) is 25.4 Å². The molecule has 30 heavy (non-hydrogen) atoms. The zero-order chi connectivity index (χ0) is 21.1. The first-order chi connectivity index (χ1) is 14.6. The summed E-state index contributed by atoms with van der Waals surface area (Å²) in [6, 6.07) is 9.92. The van der Waals surface area contributed by atoms with Crippen LogP contribution in [0, 0.1) is 0 Å². The lowest BCUT2D eigenvalue weighted by molar-refractivity contribution is 0.0285. The van der Waals surface area contributed by atoms with Crippen LogP contribution in [0.25, 0.3) is 11.0 Å². The number of hydrogen-bond acceptors (Lipinski definition) is 7. The van der Waals surface area contributed by atoms with Crippen molar-refractivity contribution < 1.29 is 28.3 Å². The summed E-state index contributed by atoms with van der Waals surface area (Å²) in [6.45, 7) is 1.79. The quantitative estimate of drug-likeness (QED) is 0.659. The normalized spacial score (nSPS) is 13.8. The molecule has 2 aromatic heterocycles. The average Bonchev–Trinajstić information content (AvgIpc) is 3.17. The SMILES string of the molecule is COC(=O)c1ccc(C(=O)Nc2c(C(=O)N3CCOCC3)oc3ccccc23)nc1. The molecule has 0 spiro atoms. The van der Waals surface area contributed by atoms with E-state index in [0.717, 1.165) is 0 Å². The number of hydrogen-bond donors (Lipinski definition) is 1. The van der Waals surface area contributed by atoms with Crippen molar-refractivity contribution >= 4 is 34.4 Å². The highest BCUT2D eigenvalue weighted by Gasteiger charge is 2.28. The van der Waals surface area contributed by atoms with Crippen LogP contribution in [0.2, 0.25) is 0 Å². The Hall–Kier alpha value is -3.72. The highest BCUT2D eigenvalue weighted by Crippen LogP contribution is 2.32. The van der Waals surface area contributed by atoms with E-state index in [0.29, 0.717) is 37.3 Å². The monoisotopic (exact) mass is 409 g/mol. The van der Waals surface area contributed by atoms with Gasteiger partial charge in [-0.05, 0) is 24.3 Å². The number of aromatic nitrogens is 1. The number of nitrogens with zero attached hydrogens (tertiary/aromatic N) is 2. The molecule has 3 heterocycles. The maximum atomic E-state index is 13.0. The van der Waals surface area contributed by atoms with E-state index < -0.39 is 11.9 Å². The first-order valence-corrected chi connectivity index (χ1v) is 9.32. The van der Waals surface area contributed by atoms with Crippen molar-refractivity contribution in [2.45, 2.75) is 0 Å². The molecule has 4 rings (SSSR count). The number of nitrogens with one attached hydrogen (secondary N) is 1. The van der Waals surface area contributed by atoms with Gasteiger partial charge in [0, 0.05) is 24.7 Å². The van der Waals surface area contributed by atoms with Crippen molar-refractivity contribution in [3.8, 4) is 0 Å². The molecule has 9 heteroatoms. The molecular formula is C21H19N3O6. The number of morpholine rings is 1. The fraction of sp³-hybridized carbons (Fsp3) is 0.238. The topological polar surface area (TPSA) is 111 Å². The molecule has 0 radical (unpaired) electrons. The maximum Gasteiger partial charge on any atom is 0.339 e. The molecule has 1 fully saturated rings. The minimum atomic E-state index is -0.548. The molecule has 0 aliphatic carbocycles. The van der Waals surface area contributed by atoms with Crippen LogP contribution in [0.3, 0.4) is 0 Å². The molecule has 0 bridgehead atoms. The molecule has 2 amide bonds. The van der Waals surface area contributed by atoms with Crippen LogP contribution in [0.5, 0.6) is 0 Å². The third-order valence-corrected chi connectivity index (χ3v) is 4.74. The van der Waals surface area contributed by atoms with Crippen LogP contribution >= 0.6 is 0 Å². The van der Waals surface area contributed by atoms with Gasteiger partial charge in [0.25, 0.3) is 11.8 Å². The number of esters is 1. The van der Waals surface area contributed by atoms with Crippen molar-refractivity contribution in [2.75, 3.05) is 38.7 Å². The molecule has 0 saturated carbocycles. The third kappa shape index (κ3) is 3.74. The van der Waals surface area contributed by atoms with Crippen molar-refractivity contribution in [1.82, 2.24) is 9.88 Å². The predicted octanol–water partition coefficient (Wildman–Crippen LogP) is 2.34. The first kappa shape index (κ1) is 19.6. The zero-order valence-corrected chi connectivity index (χ0v) is 16.2. The lowest BCUT2D eigenvalue weighted by Crippen LogP contribution is -2.40. The summed E-state index contributed by atoms with van der Waals surface area (Å²) in [5.74, 6) is -1.35. The van der Waals surface area contributed by atoms with Gasteiger partial charge in [-0.3, -0.25) is 14.6 Å². The van der Waals surface area contributed by atoms with Crippen LogP contribution < -0.4 is 5.32 Å². The van der Waals surface area contributed by atoms with E-state index in [1.807, 2.05) is 0 Å². The molecule has 1 saturated heterocycles. The number of benzene rings is 1. The summed E-state index contributed by atoms with van der Waals surface area (Å²) in [5, 5.41) is 3.35. The smallest absolute Gasteiger partial charge is 0.339 e. The Bertz CT molecular complexity index is 1100. The molecule has 0 unspecified atom stereocenters. The number of amides is 2. The van der Waals surface area contributed by atoms with Gasteiger partial charge in [0.2, 0.25) is 5.76 Å². The highest BCUT2D eigenvalue weighted by atomic mass is 16.5. The van der Waals surface area contributed by atoms with Crippen LogP contribution in [0.1, 0.15) is 31.4 Å². The van der Waals surface area contributed by atoms with E-state index in [2.05, 4.69) is 15.0 Å². The summed E-state index contributed by atoms with van der Waals surface area (Å²) in [5.41, 5.74) is 1.08. The lowest BCUT2D eigenvalue weighted by atomic mass is 10.2. The fourth-order valence-electron chi connectivity index (χ4n) is 3.17. The van der Waals surface area contributed by atoms with Crippen molar-refractivity contribution in [2.24, 2.45) is 0 Å². The number of para-hydroxylation sites is 1. The third-order valence-electron chi connectivity index (χ3n) is 4.74. The number of anilines is 1. The Labute approximate surface area is 171 Å². The van der Waals surface area contributed by atoms with Crippen molar-refractivity contribution in [1.29, 1.82) is 0 Å². The standard InChI is InChI=1S/C21H19N3O6/c1-28-21(27)13-6-7-15(22-12-13)19(25)23-17-14-4-2-3-5-16(14)30-18(17)20(26)24-8-10-29-11-9-24/h2-7,12H,8-11H2,1H3,(H,23,25). The number of methoxy groups -OCH3 is 1. The van der Waals surface area contributed by atoms with Crippen molar-refractivity contribution in [3.63, 3.8) is 0 Å². The summed E-state index contributed by atoms with van der Waals surface area (Å²) >= 11 is 0. The van der Waals surface area contributed by atoms with E-state index in [9.17, 15) is 14.4 Å². The van der Waals surface area contributed by atoms with Gasteiger partial charge in [0.1, 0.15) is 17.0 Å². The molecule has 1 aliphatic heterocycles. The Morgan fingerprint density at radius 2 is 1.87 bits per heavy atom. The number of carbonyl (C=O) groups is 3. The van der Waals surface area contributed by atoms with E-state index in [1.54, 1.807) is 29.2 Å². The first-order valence-electron chi connectivity index (χ1n) is 9.32. The molecule has 1 N–H and O–H groups in total. The van der Waals surface area contributed by atoms with Gasteiger partial charge in [-0.1, -0.05) is 12.1 Å². The zero-order valence-electron chi connectivity index (χ0n) is 16.2. The highest BCUT2D eigenvalue weighted by molar-refractivity contribution is 6.14. The number of carbonyl (C=O) groups excluding carboxylic acids is 3. The molecule has 9 nitrogen and oxygen atoms in total. The van der Waals surface area contributed by atoms with E-state index in [4.69, 9.17) is 9.15 Å². The minimum Gasteiger partial charge on any atom is -0.465 e. The molecule has 1 aliphatic rings. The number of rotatable bonds is 4. The van der Waals surface area contributed by atoms with Gasteiger partial charge < -0.3 is 24.1 Å². The second kappa shape index (κ2) is 8.34. The van der Waals surface area contributed by atoms with Gasteiger partial charge in [-0.15, -0.1) is 0 Å². The second-order valence-electron chi connectivity index (χ2n) is 6.58. The lowest BCUT2D eigenvalue weighted by Gasteiger charge is -2.26. The average molecular weight is 409 g/mol. The Morgan fingerprint density at radius 1 is 1.10 bits per heavy atom. The fourth-order valence-corrected chi connectivity index (χ4v) is 3.17. The van der Waals surface area contributed by atoms with Crippen molar-refractivity contribution in [3.05, 3.63) is 59.6 Å². The van der Waals surface area contributed by atoms with Gasteiger partial charge >= 0.3 is 5.97 Å². The predicted molar refractivity (Wildman–Crippen MR) is 106 cm³/mol. The maximum absolute atomic E-state index is 13.0. The van der Waals surface area contributed by atoms with Gasteiger partial charge in [0.05, 0.1) is 25.9 Å².